The van der Waals surface area contributed by atoms with Gasteiger partial charge < -0.3 is 9.64 Å². The maximum atomic E-state index is 5.60. The molecule has 0 aromatic heterocycles. The third-order valence-electron chi connectivity index (χ3n) is 6.07. The van der Waals surface area contributed by atoms with Crippen LogP contribution >= 0.6 is 0 Å². The molecule has 0 bridgehead atoms. The highest BCUT2D eigenvalue weighted by Gasteiger charge is 2.35. The lowest BCUT2D eigenvalue weighted by Gasteiger charge is -2.35. The van der Waals surface area contributed by atoms with Crippen LogP contribution in [0, 0.1) is 11.8 Å². The van der Waals surface area contributed by atoms with Gasteiger partial charge in [-0.2, -0.15) is 0 Å². The van der Waals surface area contributed by atoms with Gasteiger partial charge in [-0.25, -0.2) is 0 Å². The molecule has 1 aromatic carbocycles. The van der Waals surface area contributed by atoms with Crippen molar-refractivity contribution < 1.29 is 4.74 Å². The number of hydrogen-bond donors (Lipinski definition) is 0. The summed E-state index contributed by atoms with van der Waals surface area (Å²) in [4.78, 5) is 2.62. The van der Waals surface area contributed by atoms with Crippen molar-refractivity contribution in [3.05, 3.63) is 29.3 Å². The van der Waals surface area contributed by atoms with Gasteiger partial charge >= 0.3 is 0 Å². The van der Waals surface area contributed by atoms with Crippen LogP contribution in [0.5, 0.6) is 0 Å². The zero-order valence-electron chi connectivity index (χ0n) is 14.1. The normalized spacial score (nSPS) is 25.1. The number of rotatable bonds is 5. The number of benzene rings is 1. The number of nitrogens with zero attached hydrogens (tertiary/aromatic N) is 1. The molecule has 2 nitrogen and oxygen atoms in total. The van der Waals surface area contributed by atoms with Gasteiger partial charge in [0.25, 0.3) is 0 Å². The van der Waals surface area contributed by atoms with E-state index in [1.54, 1.807) is 16.8 Å². The molecule has 1 saturated heterocycles. The first kappa shape index (κ1) is 14.6. The van der Waals surface area contributed by atoms with Crippen molar-refractivity contribution in [2.24, 2.45) is 11.8 Å². The minimum Gasteiger partial charge on any atom is -0.378 e. The summed E-state index contributed by atoms with van der Waals surface area (Å²) in [7, 11) is 0. The van der Waals surface area contributed by atoms with Crippen molar-refractivity contribution in [3.63, 3.8) is 0 Å². The predicted molar refractivity (Wildman–Crippen MR) is 91.8 cm³/mol. The van der Waals surface area contributed by atoms with Gasteiger partial charge in [0.1, 0.15) is 0 Å². The molecular formula is C20H29NO. The van der Waals surface area contributed by atoms with E-state index in [-0.39, 0.29) is 0 Å². The summed E-state index contributed by atoms with van der Waals surface area (Å²) in [5.41, 5.74) is 4.79. The minimum absolute atomic E-state index is 0.712. The average molecular weight is 299 g/mol. The Morgan fingerprint density at radius 1 is 0.909 bits per heavy atom. The third-order valence-corrected chi connectivity index (χ3v) is 6.07. The van der Waals surface area contributed by atoms with E-state index in [4.69, 9.17) is 4.74 Å². The third kappa shape index (κ3) is 2.78. The highest BCUT2D eigenvalue weighted by Crippen LogP contribution is 2.50. The smallest absolute Gasteiger partial charge is 0.0642 e. The van der Waals surface area contributed by atoms with Crippen LogP contribution in [0.25, 0.3) is 0 Å². The second-order valence-electron chi connectivity index (χ2n) is 7.64. The first-order valence-electron chi connectivity index (χ1n) is 9.21. The van der Waals surface area contributed by atoms with E-state index in [0.717, 1.165) is 38.1 Å². The Morgan fingerprint density at radius 2 is 1.41 bits per heavy atom. The lowest BCUT2D eigenvalue weighted by atomic mass is 9.86. The molecule has 1 heterocycles. The van der Waals surface area contributed by atoms with Gasteiger partial charge in [-0.15, -0.1) is 0 Å². The van der Waals surface area contributed by atoms with Crippen LogP contribution in [-0.4, -0.2) is 26.3 Å². The maximum Gasteiger partial charge on any atom is 0.0642 e. The molecule has 2 saturated carbocycles. The number of hydrogen-bond acceptors (Lipinski definition) is 2. The van der Waals surface area contributed by atoms with Gasteiger partial charge in [-0.1, -0.05) is 32.0 Å². The molecule has 3 fully saturated rings. The molecular weight excluding hydrogens is 270 g/mol. The first-order chi connectivity index (χ1) is 10.8. The van der Waals surface area contributed by atoms with Crippen molar-refractivity contribution in [3.8, 4) is 0 Å². The Bertz CT molecular complexity index is 490. The molecule has 1 aromatic rings. The topological polar surface area (TPSA) is 12.5 Å². The molecule has 0 N–H and O–H groups in total. The van der Waals surface area contributed by atoms with Gasteiger partial charge in [-0.05, 0) is 60.5 Å². The molecule has 2 atom stereocenters. The van der Waals surface area contributed by atoms with E-state index in [1.807, 2.05) is 0 Å². The SMILES string of the molecule is C[C@@H](c1cccc([C@H](C)C2CC2)c1N1CCOCC1)C1CC1. The molecule has 22 heavy (non-hydrogen) atoms. The average Bonchev–Trinajstić information content (AvgIpc) is 3.45. The van der Waals surface area contributed by atoms with Crippen molar-refractivity contribution in [2.45, 2.75) is 51.4 Å². The summed E-state index contributed by atoms with van der Waals surface area (Å²) in [6.45, 7) is 8.76. The Morgan fingerprint density at radius 3 is 1.86 bits per heavy atom. The Balaban J connectivity index is 1.73. The summed E-state index contributed by atoms with van der Waals surface area (Å²) in [6.07, 6.45) is 5.69. The van der Waals surface area contributed by atoms with Crippen molar-refractivity contribution in [1.29, 1.82) is 0 Å². The fourth-order valence-electron chi connectivity index (χ4n) is 4.17. The first-order valence-corrected chi connectivity index (χ1v) is 9.21. The molecule has 0 spiro atoms. The summed E-state index contributed by atoms with van der Waals surface area (Å²) in [5.74, 6) is 3.27. The predicted octanol–water partition coefficient (Wildman–Crippen LogP) is 4.55. The van der Waals surface area contributed by atoms with E-state index in [1.165, 1.54) is 25.7 Å². The van der Waals surface area contributed by atoms with E-state index < -0.39 is 0 Å². The minimum atomic E-state index is 0.712. The quantitative estimate of drug-likeness (QED) is 0.791. The number of ether oxygens (including phenoxy) is 1. The van der Waals surface area contributed by atoms with E-state index >= 15 is 0 Å². The Kier molecular flexibility index (Phi) is 3.89. The summed E-state index contributed by atoms with van der Waals surface area (Å²) in [6, 6.07) is 7.11. The molecule has 3 aliphatic rings. The zero-order valence-corrected chi connectivity index (χ0v) is 14.1. The number of para-hydroxylation sites is 1. The van der Waals surface area contributed by atoms with Crippen LogP contribution in [0.4, 0.5) is 5.69 Å². The largest absolute Gasteiger partial charge is 0.378 e. The van der Waals surface area contributed by atoms with E-state index in [2.05, 4.69) is 36.9 Å². The maximum absolute atomic E-state index is 5.60. The fourth-order valence-corrected chi connectivity index (χ4v) is 4.17. The van der Waals surface area contributed by atoms with Crippen molar-refractivity contribution in [2.75, 3.05) is 31.2 Å². The van der Waals surface area contributed by atoms with Crippen LogP contribution in [0.15, 0.2) is 18.2 Å². The summed E-state index contributed by atoms with van der Waals surface area (Å²) < 4.78 is 5.60. The van der Waals surface area contributed by atoms with E-state index in [0.29, 0.717) is 11.8 Å². The Labute approximate surface area is 134 Å². The standard InChI is InChI=1S/C20H29NO/c1-14(16-6-7-16)18-4-3-5-19(15(2)17-8-9-17)20(18)21-10-12-22-13-11-21/h3-5,14-17H,6-13H2,1-2H3/t14-,15-/m1/s1. The molecule has 2 heteroatoms. The van der Waals surface area contributed by atoms with Gasteiger partial charge in [-0.3, -0.25) is 0 Å². The van der Waals surface area contributed by atoms with Gasteiger partial charge in [0, 0.05) is 18.8 Å². The highest BCUT2D eigenvalue weighted by molar-refractivity contribution is 5.63. The number of anilines is 1. The summed E-state index contributed by atoms with van der Waals surface area (Å²) >= 11 is 0. The van der Waals surface area contributed by atoms with Gasteiger partial charge in [0.2, 0.25) is 0 Å². The lowest BCUT2D eigenvalue weighted by molar-refractivity contribution is 0.122. The highest BCUT2D eigenvalue weighted by atomic mass is 16.5. The van der Waals surface area contributed by atoms with Gasteiger partial charge in [0.15, 0.2) is 0 Å². The van der Waals surface area contributed by atoms with Crippen LogP contribution in [-0.2, 0) is 4.74 Å². The monoisotopic (exact) mass is 299 g/mol. The Hall–Kier alpha value is -1.02. The molecule has 0 radical (unpaired) electrons. The van der Waals surface area contributed by atoms with Crippen LogP contribution < -0.4 is 4.90 Å². The fraction of sp³-hybridized carbons (Fsp3) is 0.700. The van der Waals surface area contributed by atoms with Crippen molar-refractivity contribution in [1.82, 2.24) is 0 Å². The van der Waals surface area contributed by atoms with Crippen LogP contribution in [0.3, 0.4) is 0 Å². The molecule has 1 aliphatic heterocycles. The molecule has 120 valence electrons. The second-order valence-corrected chi connectivity index (χ2v) is 7.64. The van der Waals surface area contributed by atoms with Gasteiger partial charge in [0.05, 0.1) is 13.2 Å². The van der Waals surface area contributed by atoms with Crippen LogP contribution in [0.2, 0.25) is 0 Å². The molecule has 0 unspecified atom stereocenters. The number of morpholine rings is 1. The second kappa shape index (κ2) is 5.88. The molecule has 0 amide bonds. The van der Waals surface area contributed by atoms with E-state index in [9.17, 15) is 0 Å². The molecule has 2 aliphatic carbocycles. The summed E-state index contributed by atoms with van der Waals surface area (Å²) in [5, 5.41) is 0. The lowest BCUT2D eigenvalue weighted by Crippen LogP contribution is -2.37. The zero-order chi connectivity index (χ0) is 15.1. The van der Waals surface area contributed by atoms with Crippen molar-refractivity contribution >= 4 is 5.69 Å². The molecule has 4 rings (SSSR count). The van der Waals surface area contributed by atoms with Crippen LogP contribution in [0.1, 0.15) is 62.5 Å².